The first-order valence-corrected chi connectivity index (χ1v) is 14.5. The van der Waals surface area contributed by atoms with Crippen molar-refractivity contribution in [1.82, 2.24) is 20.2 Å². The predicted molar refractivity (Wildman–Crippen MR) is 154 cm³/mol. The molecule has 0 spiro atoms. The Balaban J connectivity index is 0.000000230. The molecule has 0 radical (unpaired) electrons. The number of piperidine rings is 2. The molecule has 10 heteroatoms. The number of ether oxygens (including phenoxy) is 1. The number of hydrogen-bond donors (Lipinski definition) is 3. The van der Waals surface area contributed by atoms with Crippen LogP contribution in [-0.2, 0) is 28.8 Å². The molecule has 3 N–H and O–H groups in total. The van der Waals surface area contributed by atoms with Crippen molar-refractivity contribution in [3.05, 3.63) is 57.1 Å². The van der Waals surface area contributed by atoms with Gasteiger partial charge in [0.2, 0.25) is 0 Å². The number of aromatic nitrogens is 2. The van der Waals surface area contributed by atoms with E-state index in [0.717, 1.165) is 37.3 Å². The summed E-state index contributed by atoms with van der Waals surface area (Å²) in [6.45, 7) is 12.0. The number of likely N-dealkylation sites (tertiary alicyclic amines) is 1. The molecule has 0 bridgehead atoms. The SMILES string of the molecule is CCc1ccc(Cl)c(C2(O)CCN(C(=O)OC(C)(C)C)CC2)n1.CCc1ccc(Cl)c(C2(O)CCNCC2)n1. The Kier molecular flexibility index (Phi) is 10.6. The van der Waals surface area contributed by atoms with Gasteiger partial charge in [0.15, 0.2) is 0 Å². The van der Waals surface area contributed by atoms with Crippen LogP contribution in [0.2, 0.25) is 10.0 Å². The van der Waals surface area contributed by atoms with Crippen molar-refractivity contribution < 1.29 is 19.7 Å². The van der Waals surface area contributed by atoms with Gasteiger partial charge in [-0.1, -0.05) is 37.0 Å². The molecule has 2 aromatic heterocycles. The molecule has 0 atom stereocenters. The smallest absolute Gasteiger partial charge is 0.410 e. The Morgan fingerprint density at radius 1 is 0.897 bits per heavy atom. The van der Waals surface area contributed by atoms with Gasteiger partial charge in [-0.2, -0.15) is 0 Å². The van der Waals surface area contributed by atoms with Gasteiger partial charge in [-0.25, -0.2) is 4.79 Å². The summed E-state index contributed by atoms with van der Waals surface area (Å²) in [6.07, 6.45) is 3.43. The van der Waals surface area contributed by atoms with Gasteiger partial charge in [-0.3, -0.25) is 9.97 Å². The first-order valence-electron chi connectivity index (χ1n) is 13.8. The summed E-state index contributed by atoms with van der Waals surface area (Å²) in [7, 11) is 0. The molecule has 216 valence electrons. The fourth-order valence-corrected chi connectivity index (χ4v) is 5.27. The summed E-state index contributed by atoms with van der Waals surface area (Å²) in [4.78, 5) is 22.7. The van der Waals surface area contributed by atoms with Crippen molar-refractivity contribution in [3.8, 4) is 0 Å². The number of nitrogens with one attached hydrogen (secondary N) is 1. The number of carbonyl (C=O) groups is 1. The maximum absolute atomic E-state index is 12.1. The zero-order valence-corrected chi connectivity index (χ0v) is 25.2. The normalized spacial score (nSPS) is 18.6. The highest BCUT2D eigenvalue weighted by atomic mass is 35.5. The first-order chi connectivity index (χ1) is 18.3. The number of aliphatic hydroxyl groups is 2. The Morgan fingerprint density at radius 2 is 1.33 bits per heavy atom. The van der Waals surface area contributed by atoms with Crippen molar-refractivity contribution in [2.75, 3.05) is 26.2 Å². The monoisotopic (exact) mass is 580 g/mol. The summed E-state index contributed by atoms with van der Waals surface area (Å²) in [5.74, 6) is 0. The molecule has 2 aromatic rings. The lowest BCUT2D eigenvalue weighted by Crippen LogP contribution is -2.47. The highest BCUT2D eigenvalue weighted by Gasteiger charge is 2.39. The van der Waals surface area contributed by atoms with Crippen LogP contribution >= 0.6 is 23.2 Å². The van der Waals surface area contributed by atoms with Crippen molar-refractivity contribution in [1.29, 1.82) is 0 Å². The van der Waals surface area contributed by atoms with E-state index in [1.165, 1.54) is 0 Å². The lowest BCUT2D eigenvalue weighted by Gasteiger charge is -2.38. The highest BCUT2D eigenvalue weighted by Crippen LogP contribution is 2.36. The number of aryl methyl sites for hydroxylation is 2. The number of rotatable bonds is 4. The average Bonchev–Trinajstić information content (AvgIpc) is 2.89. The number of nitrogens with zero attached hydrogens (tertiary/aromatic N) is 3. The van der Waals surface area contributed by atoms with Crippen LogP contribution in [-0.4, -0.2) is 63.0 Å². The third-order valence-electron chi connectivity index (χ3n) is 7.09. The topological polar surface area (TPSA) is 108 Å². The van der Waals surface area contributed by atoms with E-state index >= 15 is 0 Å². The van der Waals surface area contributed by atoms with Crippen LogP contribution in [0, 0.1) is 0 Å². The van der Waals surface area contributed by atoms with Crippen LogP contribution in [0.5, 0.6) is 0 Å². The number of amides is 1. The number of halogens is 2. The second-order valence-corrected chi connectivity index (χ2v) is 12.1. The largest absolute Gasteiger partial charge is 0.444 e. The van der Waals surface area contributed by atoms with Crippen LogP contribution in [0.15, 0.2) is 24.3 Å². The van der Waals surface area contributed by atoms with Gasteiger partial charge in [0, 0.05) is 24.5 Å². The lowest BCUT2D eigenvalue weighted by molar-refractivity contribution is -0.0381. The van der Waals surface area contributed by atoms with Crippen LogP contribution < -0.4 is 5.32 Å². The Morgan fingerprint density at radius 3 is 1.74 bits per heavy atom. The Hall–Kier alpha value is -1.97. The van der Waals surface area contributed by atoms with Gasteiger partial charge in [0.1, 0.15) is 16.8 Å². The molecule has 0 unspecified atom stereocenters. The molecule has 2 saturated heterocycles. The summed E-state index contributed by atoms with van der Waals surface area (Å²) < 4.78 is 5.37. The number of hydrogen-bond acceptors (Lipinski definition) is 7. The molecule has 0 aliphatic carbocycles. The summed E-state index contributed by atoms with van der Waals surface area (Å²) in [5.41, 5.74) is 0.565. The fraction of sp³-hybridized carbons (Fsp3) is 0.621. The molecule has 4 heterocycles. The quantitative estimate of drug-likeness (QED) is 0.445. The molecular weight excluding hydrogens is 539 g/mol. The molecule has 0 saturated carbocycles. The Labute approximate surface area is 242 Å². The van der Waals surface area contributed by atoms with Crippen molar-refractivity contribution in [2.24, 2.45) is 0 Å². The molecule has 0 aromatic carbocycles. The molecular formula is C29H42Cl2N4O4. The molecule has 4 rings (SSSR count). The van der Waals surface area contributed by atoms with E-state index in [-0.39, 0.29) is 6.09 Å². The summed E-state index contributed by atoms with van der Waals surface area (Å²) in [6, 6.07) is 7.39. The summed E-state index contributed by atoms with van der Waals surface area (Å²) in [5, 5.41) is 25.8. The van der Waals surface area contributed by atoms with E-state index in [1.54, 1.807) is 11.0 Å². The van der Waals surface area contributed by atoms with E-state index in [1.807, 2.05) is 52.8 Å². The maximum Gasteiger partial charge on any atom is 0.410 e. The van der Waals surface area contributed by atoms with Crippen LogP contribution in [0.25, 0.3) is 0 Å². The Bertz CT molecular complexity index is 1120. The van der Waals surface area contributed by atoms with Crippen LogP contribution in [0.3, 0.4) is 0 Å². The molecule has 2 fully saturated rings. The van der Waals surface area contributed by atoms with Gasteiger partial charge in [0.25, 0.3) is 0 Å². The van der Waals surface area contributed by atoms with Crippen molar-refractivity contribution >= 4 is 29.3 Å². The zero-order chi connectivity index (χ0) is 28.8. The maximum atomic E-state index is 12.1. The van der Waals surface area contributed by atoms with E-state index < -0.39 is 16.8 Å². The molecule has 2 aliphatic rings. The van der Waals surface area contributed by atoms with Gasteiger partial charge in [0.05, 0.1) is 21.4 Å². The van der Waals surface area contributed by atoms with Crippen molar-refractivity contribution in [2.45, 2.75) is 89.9 Å². The minimum Gasteiger partial charge on any atom is -0.444 e. The zero-order valence-electron chi connectivity index (χ0n) is 23.7. The van der Waals surface area contributed by atoms with E-state index in [2.05, 4.69) is 15.3 Å². The van der Waals surface area contributed by atoms with Crippen LogP contribution in [0.1, 0.15) is 83.1 Å². The third-order valence-corrected chi connectivity index (χ3v) is 7.70. The number of pyridine rings is 2. The fourth-order valence-electron chi connectivity index (χ4n) is 4.71. The van der Waals surface area contributed by atoms with E-state index in [0.29, 0.717) is 60.2 Å². The van der Waals surface area contributed by atoms with E-state index in [9.17, 15) is 15.0 Å². The van der Waals surface area contributed by atoms with E-state index in [4.69, 9.17) is 27.9 Å². The molecule has 8 nitrogen and oxygen atoms in total. The lowest BCUT2D eigenvalue weighted by atomic mass is 9.87. The summed E-state index contributed by atoms with van der Waals surface area (Å²) >= 11 is 12.4. The van der Waals surface area contributed by atoms with Gasteiger partial charge < -0.3 is 25.2 Å². The van der Waals surface area contributed by atoms with Gasteiger partial charge >= 0.3 is 6.09 Å². The third kappa shape index (κ3) is 8.27. The standard InChI is InChI=1S/C17H25ClN2O3.C12H17ClN2O/c1-5-12-6-7-13(18)14(19-12)17(22)8-10-20(11-9-17)15(21)23-16(2,3)4;1-2-9-3-4-10(13)11(15-9)12(16)5-7-14-8-6-12/h6-7,22H,5,8-11H2,1-4H3;3-4,14,16H,2,5-8H2,1H3. The minimum atomic E-state index is -1.10. The predicted octanol–water partition coefficient (Wildman–Crippen LogP) is 5.38. The average molecular weight is 582 g/mol. The second-order valence-electron chi connectivity index (χ2n) is 11.3. The van der Waals surface area contributed by atoms with Crippen molar-refractivity contribution in [3.63, 3.8) is 0 Å². The van der Waals surface area contributed by atoms with Gasteiger partial charge in [-0.15, -0.1) is 0 Å². The minimum absolute atomic E-state index is 0.346. The highest BCUT2D eigenvalue weighted by molar-refractivity contribution is 6.31. The number of carbonyl (C=O) groups excluding carboxylic acids is 1. The molecule has 39 heavy (non-hydrogen) atoms. The molecule has 2 aliphatic heterocycles. The molecule has 1 amide bonds. The first kappa shape index (κ1) is 31.6. The van der Waals surface area contributed by atoms with Crippen LogP contribution in [0.4, 0.5) is 4.79 Å². The second kappa shape index (κ2) is 13.1. The van der Waals surface area contributed by atoms with Gasteiger partial charge in [-0.05, 0) is 96.7 Å².